The number of allylic oxidation sites excluding steroid dienone is 1. The van der Waals surface area contributed by atoms with E-state index in [-0.39, 0.29) is 92.4 Å². The first-order valence-corrected chi connectivity index (χ1v) is 11.7. The van der Waals surface area contributed by atoms with Crippen LogP contribution in [0.2, 0.25) is 5.02 Å². The smallest absolute Gasteiger partial charge is 0.689 e. The van der Waals surface area contributed by atoms with Gasteiger partial charge in [-0.3, -0.25) is 5.41 Å². The minimum Gasteiger partial charge on any atom is -0.689 e. The van der Waals surface area contributed by atoms with Gasteiger partial charge in [-0.1, -0.05) is 35.9 Å². The molecule has 0 spiro atoms. The Morgan fingerprint density at radius 3 is 2.37 bits per heavy atom. The van der Waals surface area contributed by atoms with Gasteiger partial charge in [0.25, 0.3) is 0 Å². The predicted molar refractivity (Wildman–Crippen MR) is 133 cm³/mol. The Morgan fingerprint density at radius 1 is 1.18 bits per heavy atom. The van der Waals surface area contributed by atoms with Crippen LogP contribution in [-0.2, 0) is 24.6 Å². The van der Waals surface area contributed by atoms with Gasteiger partial charge in [0, 0.05) is 18.8 Å². The molecule has 0 unspecified atom stereocenters. The number of aromatic nitrogens is 4. The molecule has 1 fully saturated rings. The molecule has 1 saturated carbocycles. The summed E-state index contributed by atoms with van der Waals surface area (Å²) in [5.74, 6) is 0.705. The van der Waals surface area contributed by atoms with Crippen molar-refractivity contribution in [3.8, 4) is 17.3 Å². The van der Waals surface area contributed by atoms with E-state index in [4.69, 9.17) is 26.5 Å². The second kappa shape index (κ2) is 12.5. The Bertz CT molecular complexity index is 1350. The van der Waals surface area contributed by atoms with Gasteiger partial charge in [0.15, 0.2) is 11.5 Å². The maximum atomic E-state index is 13.0. The van der Waals surface area contributed by atoms with E-state index in [1.165, 1.54) is 18.7 Å². The maximum Gasteiger partial charge on any atom is 1.00 e. The molecule has 0 saturated heterocycles. The molecule has 0 bridgehead atoms. The van der Waals surface area contributed by atoms with E-state index in [0.717, 1.165) is 24.6 Å². The summed E-state index contributed by atoms with van der Waals surface area (Å²) in [6, 6.07) is 6.80. The first-order chi connectivity index (χ1) is 17.5. The summed E-state index contributed by atoms with van der Waals surface area (Å²) < 4.78 is 51.4. The van der Waals surface area contributed by atoms with Gasteiger partial charge in [-0.05, 0) is 31.2 Å². The number of alkyl halides is 3. The number of imidazole rings is 1. The van der Waals surface area contributed by atoms with E-state index in [2.05, 4.69) is 20.3 Å². The van der Waals surface area contributed by atoms with Crippen molar-refractivity contribution in [2.24, 2.45) is 13.0 Å². The van der Waals surface area contributed by atoms with Crippen LogP contribution in [0.15, 0.2) is 36.2 Å². The number of benzene rings is 1. The van der Waals surface area contributed by atoms with E-state index in [1.807, 2.05) is 0 Å². The fraction of sp³-hybridized carbons (Fsp3) is 0.360. The first kappa shape index (κ1) is 30.6. The monoisotopic (exact) mass is 572 g/mol. The molecule has 3 aromatic rings. The van der Waals surface area contributed by atoms with Crippen molar-refractivity contribution in [2.45, 2.75) is 32.5 Å². The third-order valence-electron chi connectivity index (χ3n) is 5.86. The molecular weight excluding hydrogens is 548 g/mol. The Balaban J connectivity index is 0.00000400. The molecule has 2 heterocycles. The van der Waals surface area contributed by atoms with Gasteiger partial charge in [0.05, 0.1) is 18.4 Å². The van der Waals surface area contributed by atoms with Crippen LogP contribution in [0.3, 0.4) is 0 Å². The molecule has 4 rings (SSSR count). The number of methoxy groups -OCH3 is 1. The number of rotatable bonds is 8. The van der Waals surface area contributed by atoms with Crippen molar-refractivity contribution in [3.05, 3.63) is 69.3 Å². The summed E-state index contributed by atoms with van der Waals surface area (Å²) in [4.78, 5) is 12.6. The van der Waals surface area contributed by atoms with Crippen LogP contribution in [0.1, 0.15) is 35.6 Å². The number of halogens is 4. The standard InChI is InChI=1S/C25H25ClF3N6O2.K/c1-13-19(26)24(34-22(32-13)18(21(30)36-4)20(31-2)15-9-10-15)37-12-14-5-7-16(8-6-14)23-33-17(11-35(23)3)25(27,28)29;/h5-8,11,15,30H,9-10,12H2,1-4H3;/q-1;+1/b20-18+,30-21?;. The maximum absolute atomic E-state index is 13.0. The molecule has 1 aliphatic carbocycles. The largest absolute Gasteiger partial charge is 1.00 e. The second-order valence-corrected chi connectivity index (χ2v) is 8.97. The van der Waals surface area contributed by atoms with Gasteiger partial charge in [0.2, 0.25) is 11.8 Å². The second-order valence-electron chi connectivity index (χ2n) is 8.59. The number of nitrogens with one attached hydrogen (secondary N) is 1. The molecule has 8 nitrogen and oxygen atoms in total. The third kappa shape index (κ3) is 6.78. The molecule has 0 aliphatic heterocycles. The number of aryl methyl sites for hydroxylation is 2. The van der Waals surface area contributed by atoms with Crippen LogP contribution >= 0.6 is 11.6 Å². The molecule has 0 radical (unpaired) electrons. The van der Waals surface area contributed by atoms with Gasteiger partial charge in [-0.25, -0.2) is 9.97 Å². The first-order valence-electron chi connectivity index (χ1n) is 11.4. The van der Waals surface area contributed by atoms with E-state index in [1.54, 1.807) is 38.2 Å². The molecule has 1 N–H and O–H groups in total. The van der Waals surface area contributed by atoms with Gasteiger partial charge in [0.1, 0.15) is 17.5 Å². The van der Waals surface area contributed by atoms with Gasteiger partial charge >= 0.3 is 57.6 Å². The Labute approximate surface area is 265 Å². The van der Waals surface area contributed by atoms with E-state index < -0.39 is 11.9 Å². The van der Waals surface area contributed by atoms with Crippen molar-refractivity contribution in [1.29, 1.82) is 5.41 Å². The zero-order valence-electron chi connectivity index (χ0n) is 21.6. The van der Waals surface area contributed by atoms with Crippen LogP contribution in [0.25, 0.3) is 22.3 Å². The minimum absolute atomic E-state index is 0. The number of hydrogen-bond acceptors (Lipinski definition) is 6. The summed E-state index contributed by atoms with van der Waals surface area (Å²) in [5.41, 5.74) is 1.90. The summed E-state index contributed by atoms with van der Waals surface area (Å²) >= 11 is 6.42. The minimum atomic E-state index is -4.51. The van der Waals surface area contributed by atoms with E-state index in [0.29, 0.717) is 22.5 Å². The van der Waals surface area contributed by atoms with Crippen LogP contribution in [0, 0.1) is 18.3 Å². The van der Waals surface area contributed by atoms with Crippen molar-refractivity contribution >= 4 is 23.1 Å². The van der Waals surface area contributed by atoms with Crippen molar-refractivity contribution < 1.29 is 74.0 Å². The Morgan fingerprint density at radius 2 is 1.84 bits per heavy atom. The summed E-state index contributed by atoms with van der Waals surface area (Å²) in [6.07, 6.45) is -1.63. The summed E-state index contributed by atoms with van der Waals surface area (Å²) in [5, 5.41) is 12.9. The average molecular weight is 573 g/mol. The van der Waals surface area contributed by atoms with Crippen molar-refractivity contribution in [3.63, 3.8) is 0 Å². The Kier molecular flexibility index (Phi) is 10.0. The molecule has 196 valence electrons. The third-order valence-corrected chi connectivity index (χ3v) is 6.29. The zero-order valence-corrected chi connectivity index (χ0v) is 25.5. The topological polar surface area (TPSA) is 100 Å². The van der Waals surface area contributed by atoms with E-state index in [9.17, 15) is 13.2 Å². The van der Waals surface area contributed by atoms with Gasteiger partial charge in [-0.15, -0.1) is 12.7 Å². The number of ether oxygens (including phenoxy) is 2. The number of nitrogens with zero attached hydrogens (tertiary/aromatic N) is 5. The van der Waals surface area contributed by atoms with E-state index >= 15 is 0 Å². The molecule has 38 heavy (non-hydrogen) atoms. The summed E-state index contributed by atoms with van der Waals surface area (Å²) in [7, 11) is 4.58. The van der Waals surface area contributed by atoms with Crippen molar-refractivity contribution in [1.82, 2.24) is 19.5 Å². The fourth-order valence-corrected chi connectivity index (χ4v) is 3.94. The molecule has 0 amide bonds. The Hall–Kier alpha value is -1.96. The number of hydrogen-bond donors (Lipinski definition) is 1. The van der Waals surface area contributed by atoms with Crippen LogP contribution in [0.4, 0.5) is 13.2 Å². The van der Waals surface area contributed by atoms with Crippen molar-refractivity contribution in [2.75, 3.05) is 14.2 Å². The van der Waals surface area contributed by atoms with Crippen LogP contribution < -0.4 is 56.1 Å². The molecular formula is C25H25ClF3KN6O2. The predicted octanol–water partition coefficient (Wildman–Crippen LogP) is 3.19. The molecule has 0 atom stereocenters. The van der Waals surface area contributed by atoms with Crippen LogP contribution in [-0.4, -0.2) is 39.6 Å². The molecule has 2 aromatic heterocycles. The normalized spacial score (nSPS) is 13.9. The zero-order chi connectivity index (χ0) is 26.9. The molecule has 1 aromatic carbocycles. The summed E-state index contributed by atoms with van der Waals surface area (Å²) in [6.45, 7) is 1.81. The molecule has 1 aliphatic rings. The van der Waals surface area contributed by atoms with Gasteiger partial charge in [-0.2, -0.15) is 18.2 Å². The van der Waals surface area contributed by atoms with Crippen LogP contribution in [0.5, 0.6) is 5.88 Å². The quantitative estimate of drug-likeness (QED) is 0.254. The fourth-order valence-electron chi connectivity index (χ4n) is 3.80. The van der Waals surface area contributed by atoms with Gasteiger partial charge < -0.3 is 19.4 Å². The average Bonchev–Trinajstić information content (AvgIpc) is 3.62. The SMILES string of the molecule is C[N-]/C(=C(\C(=N)OC)c1nc(C)c(Cl)c(OCc2ccc(-c3nc(C(F)(F)F)cn3C)cc2)n1)C1CC1.[K+]. The molecule has 13 heteroatoms.